The van der Waals surface area contributed by atoms with Crippen molar-refractivity contribution in [2.75, 3.05) is 0 Å². The molecule has 21 heavy (non-hydrogen) atoms. The van der Waals surface area contributed by atoms with Gasteiger partial charge in [-0.3, -0.25) is 14.6 Å². The predicted molar refractivity (Wildman–Crippen MR) is 80.3 cm³/mol. The smallest absolute Gasteiger partial charge is 0.246 e. The van der Waals surface area contributed by atoms with Gasteiger partial charge in [-0.2, -0.15) is 0 Å². The first-order chi connectivity index (χ1) is 9.84. The molecular weight excluding hydrogens is 266 g/mol. The average molecular weight is 289 g/mol. The summed E-state index contributed by atoms with van der Waals surface area (Å²) >= 11 is 0. The summed E-state index contributed by atoms with van der Waals surface area (Å²) in [5.41, 5.74) is 0.669. The number of amides is 2. The first-order valence-corrected chi connectivity index (χ1v) is 7.34. The zero-order chi connectivity index (χ0) is 15.6. The Labute approximate surface area is 125 Å². The Hall–Kier alpha value is -1.91. The van der Waals surface area contributed by atoms with E-state index in [9.17, 15) is 9.59 Å². The average Bonchev–Trinajstić information content (AvgIpc) is 2.42. The van der Waals surface area contributed by atoms with Crippen LogP contribution < -0.4 is 5.32 Å². The van der Waals surface area contributed by atoms with Gasteiger partial charge >= 0.3 is 0 Å². The largest absolute Gasteiger partial charge is 0.342 e. The maximum atomic E-state index is 12.7. The van der Waals surface area contributed by atoms with E-state index in [1.54, 1.807) is 17.3 Å². The number of pyridine rings is 1. The van der Waals surface area contributed by atoms with E-state index in [-0.39, 0.29) is 17.2 Å². The summed E-state index contributed by atoms with van der Waals surface area (Å²) in [5.74, 6) is -0.0724. The molecule has 2 heterocycles. The van der Waals surface area contributed by atoms with E-state index in [0.717, 1.165) is 5.56 Å². The Morgan fingerprint density at radius 2 is 1.86 bits per heavy atom. The molecule has 1 aliphatic heterocycles. The molecule has 0 aliphatic carbocycles. The van der Waals surface area contributed by atoms with Crippen molar-refractivity contribution in [3.63, 3.8) is 0 Å². The van der Waals surface area contributed by atoms with Gasteiger partial charge in [0.15, 0.2) is 0 Å². The molecule has 2 atom stereocenters. The third-order valence-corrected chi connectivity index (χ3v) is 3.79. The maximum Gasteiger partial charge on any atom is 0.246 e. The molecule has 0 spiro atoms. The van der Waals surface area contributed by atoms with Gasteiger partial charge in [-0.15, -0.1) is 0 Å². The minimum atomic E-state index is -0.457. The second-order valence-corrected chi connectivity index (χ2v) is 6.56. The lowest BCUT2D eigenvalue weighted by molar-refractivity contribution is -0.154. The van der Waals surface area contributed by atoms with Gasteiger partial charge in [0.25, 0.3) is 0 Å². The normalized spacial score (nSPS) is 23.1. The Morgan fingerprint density at radius 1 is 1.24 bits per heavy atom. The number of carbonyl (C=O) groups excluding carboxylic acids is 2. The van der Waals surface area contributed by atoms with Crippen molar-refractivity contribution in [3.8, 4) is 0 Å². The lowest BCUT2D eigenvalue weighted by Gasteiger charge is -2.44. The van der Waals surface area contributed by atoms with Gasteiger partial charge in [0.05, 0.1) is 0 Å². The molecule has 5 nitrogen and oxygen atoms in total. The summed E-state index contributed by atoms with van der Waals surface area (Å²) in [6, 6.07) is 2.87. The number of hydrogen-bond acceptors (Lipinski definition) is 3. The molecule has 0 saturated carbocycles. The van der Waals surface area contributed by atoms with Crippen LogP contribution in [0.2, 0.25) is 0 Å². The number of carbonyl (C=O) groups is 2. The van der Waals surface area contributed by atoms with Crippen LogP contribution in [-0.4, -0.2) is 33.8 Å². The Balaban J connectivity index is 2.34. The summed E-state index contributed by atoms with van der Waals surface area (Å²) in [6.07, 6.45) is 4.01. The Kier molecular flexibility index (Phi) is 4.30. The molecule has 1 aliphatic rings. The molecule has 1 N–H and O–H groups in total. The van der Waals surface area contributed by atoms with Gasteiger partial charge in [0.1, 0.15) is 12.1 Å². The quantitative estimate of drug-likeness (QED) is 0.922. The second kappa shape index (κ2) is 5.84. The molecule has 0 bridgehead atoms. The molecule has 0 radical (unpaired) electrons. The zero-order valence-electron chi connectivity index (χ0n) is 13.1. The number of nitrogens with one attached hydrogen (secondary N) is 1. The number of piperazine rings is 1. The van der Waals surface area contributed by atoms with E-state index in [1.165, 1.54) is 0 Å². The van der Waals surface area contributed by atoms with E-state index < -0.39 is 12.1 Å². The molecular formula is C16H23N3O2. The van der Waals surface area contributed by atoms with Crippen LogP contribution in [0.4, 0.5) is 0 Å². The van der Waals surface area contributed by atoms with E-state index in [0.29, 0.717) is 13.0 Å². The van der Waals surface area contributed by atoms with E-state index in [4.69, 9.17) is 0 Å². The summed E-state index contributed by atoms with van der Waals surface area (Å²) in [6.45, 7) is 8.29. The Morgan fingerprint density at radius 3 is 2.38 bits per heavy atom. The number of rotatable bonds is 3. The minimum absolute atomic E-state index is 0.00571. The Bertz CT molecular complexity index is 522. The lowest BCUT2D eigenvalue weighted by Crippen LogP contribution is -2.66. The molecule has 0 aromatic carbocycles. The van der Waals surface area contributed by atoms with E-state index in [2.05, 4.69) is 10.3 Å². The SMILES string of the molecule is CCC1NC(=O)C(C(C)(C)C)N(Cc2ccncc2)C1=O. The highest BCUT2D eigenvalue weighted by Gasteiger charge is 2.45. The summed E-state index contributed by atoms with van der Waals surface area (Å²) in [5, 5.41) is 2.85. The number of nitrogens with zero attached hydrogens (tertiary/aromatic N) is 2. The molecule has 2 amide bonds. The van der Waals surface area contributed by atoms with Gasteiger partial charge in [0.2, 0.25) is 11.8 Å². The highest BCUT2D eigenvalue weighted by Crippen LogP contribution is 2.29. The zero-order valence-corrected chi connectivity index (χ0v) is 13.1. The van der Waals surface area contributed by atoms with Gasteiger partial charge in [-0.1, -0.05) is 27.7 Å². The van der Waals surface area contributed by atoms with Crippen LogP contribution in [-0.2, 0) is 16.1 Å². The van der Waals surface area contributed by atoms with Crippen LogP contribution in [0.5, 0.6) is 0 Å². The first kappa shape index (κ1) is 15.5. The molecule has 1 fully saturated rings. The molecule has 1 aromatic rings. The topological polar surface area (TPSA) is 62.3 Å². The van der Waals surface area contributed by atoms with Gasteiger partial charge in [-0.25, -0.2) is 0 Å². The van der Waals surface area contributed by atoms with Crippen molar-refractivity contribution >= 4 is 11.8 Å². The van der Waals surface area contributed by atoms with E-state index >= 15 is 0 Å². The molecule has 5 heteroatoms. The number of aromatic nitrogens is 1. The second-order valence-electron chi connectivity index (χ2n) is 6.56. The van der Waals surface area contributed by atoms with Crippen molar-refractivity contribution in [2.45, 2.75) is 52.7 Å². The first-order valence-electron chi connectivity index (χ1n) is 7.34. The molecule has 2 unspecified atom stereocenters. The standard InChI is InChI=1S/C16H23N3O2/c1-5-12-15(21)19(10-11-6-8-17-9-7-11)13(14(20)18-12)16(2,3)4/h6-9,12-13H,5,10H2,1-4H3,(H,18,20). The molecule has 1 aromatic heterocycles. The summed E-state index contributed by atoms with van der Waals surface area (Å²) < 4.78 is 0. The fourth-order valence-corrected chi connectivity index (χ4v) is 2.77. The van der Waals surface area contributed by atoms with Crippen LogP contribution in [0.1, 0.15) is 39.7 Å². The van der Waals surface area contributed by atoms with Gasteiger partial charge in [0, 0.05) is 18.9 Å². The number of hydrogen-bond donors (Lipinski definition) is 1. The van der Waals surface area contributed by atoms with Crippen LogP contribution in [0.3, 0.4) is 0 Å². The van der Waals surface area contributed by atoms with Gasteiger partial charge < -0.3 is 10.2 Å². The van der Waals surface area contributed by atoms with E-state index in [1.807, 2.05) is 39.8 Å². The maximum absolute atomic E-state index is 12.7. The van der Waals surface area contributed by atoms with Gasteiger partial charge in [-0.05, 0) is 29.5 Å². The monoisotopic (exact) mass is 289 g/mol. The summed E-state index contributed by atoms with van der Waals surface area (Å²) in [4.78, 5) is 30.8. The van der Waals surface area contributed by atoms with Crippen molar-refractivity contribution in [1.29, 1.82) is 0 Å². The fraction of sp³-hybridized carbons (Fsp3) is 0.562. The van der Waals surface area contributed by atoms with Crippen molar-refractivity contribution < 1.29 is 9.59 Å². The van der Waals surface area contributed by atoms with Crippen molar-refractivity contribution in [1.82, 2.24) is 15.2 Å². The van der Waals surface area contributed by atoms with Crippen LogP contribution >= 0.6 is 0 Å². The minimum Gasteiger partial charge on any atom is -0.342 e. The highest BCUT2D eigenvalue weighted by molar-refractivity contribution is 5.97. The summed E-state index contributed by atoms with van der Waals surface area (Å²) in [7, 11) is 0. The molecule has 114 valence electrons. The van der Waals surface area contributed by atoms with Crippen LogP contribution in [0.15, 0.2) is 24.5 Å². The van der Waals surface area contributed by atoms with Crippen molar-refractivity contribution in [3.05, 3.63) is 30.1 Å². The molecule has 1 saturated heterocycles. The fourth-order valence-electron chi connectivity index (χ4n) is 2.77. The van der Waals surface area contributed by atoms with Crippen LogP contribution in [0, 0.1) is 5.41 Å². The lowest BCUT2D eigenvalue weighted by atomic mass is 9.82. The predicted octanol–water partition coefficient (Wildman–Crippen LogP) is 1.73. The van der Waals surface area contributed by atoms with Crippen LogP contribution in [0.25, 0.3) is 0 Å². The third-order valence-electron chi connectivity index (χ3n) is 3.79. The third kappa shape index (κ3) is 3.23. The van der Waals surface area contributed by atoms with Crippen molar-refractivity contribution in [2.24, 2.45) is 5.41 Å². The highest BCUT2D eigenvalue weighted by atomic mass is 16.2. The molecule has 2 rings (SSSR count).